The summed E-state index contributed by atoms with van der Waals surface area (Å²) in [5.74, 6) is 2.25. The van der Waals surface area contributed by atoms with Gasteiger partial charge in [-0.15, -0.1) is 0 Å². The summed E-state index contributed by atoms with van der Waals surface area (Å²) in [4.78, 5) is 0. The molecule has 2 unspecified atom stereocenters. The van der Waals surface area contributed by atoms with E-state index in [4.69, 9.17) is 4.74 Å². The van der Waals surface area contributed by atoms with Crippen LogP contribution in [-0.2, 0) is 7.05 Å². The van der Waals surface area contributed by atoms with Crippen LogP contribution in [0, 0.1) is 5.92 Å². The number of nitrogens with one attached hydrogen (secondary N) is 1. The molecule has 1 aliphatic carbocycles. The first kappa shape index (κ1) is 14.4. The van der Waals surface area contributed by atoms with E-state index in [2.05, 4.69) is 17.3 Å². The Hall–Kier alpha value is -1.03. The van der Waals surface area contributed by atoms with Crippen LogP contribution >= 0.6 is 0 Å². The number of nitrogens with zero attached hydrogens (tertiary/aromatic N) is 2. The summed E-state index contributed by atoms with van der Waals surface area (Å²) in [6, 6.07) is 0. The van der Waals surface area contributed by atoms with Crippen molar-refractivity contribution < 1.29 is 4.74 Å². The molecular weight excluding hydrogens is 238 g/mol. The first-order valence-electron chi connectivity index (χ1n) is 7.54. The molecule has 1 heterocycles. The Bertz CT molecular complexity index is 389. The van der Waals surface area contributed by atoms with Gasteiger partial charge in [0.2, 0.25) is 0 Å². The zero-order valence-electron chi connectivity index (χ0n) is 12.5. The topological polar surface area (TPSA) is 39.1 Å². The number of hydrogen-bond donors (Lipinski definition) is 1. The van der Waals surface area contributed by atoms with Gasteiger partial charge < -0.3 is 10.1 Å². The summed E-state index contributed by atoms with van der Waals surface area (Å²) >= 11 is 0. The lowest BCUT2D eigenvalue weighted by atomic mass is 9.77. The highest BCUT2D eigenvalue weighted by molar-refractivity contribution is 5.29. The highest BCUT2D eigenvalue weighted by Crippen LogP contribution is 2.40. The van der Waals surface area contributed by atoms with E-state index >= 15 is 0 Å². The second-order valence-electron chi connectivity index (χ2n) is 5.58. The van der Waals surface area contributed by atoms with Crippen molar-refractivity contribution in [2.45, 2.75) is 44.9 Å². The van der Waals surface area contributed by atoms with Crippen molar-refractivity contribution in [1.82, 2.24) is 15.1 Å². The summed E-state index contributed by atoms with van der Waals surface area (Å²) in [6.45, 7) is 4.45. The Morgan fingerprint density at radius 3 is 2.95 bits per heavy atom. The van der Waals surface area contributed by atoms with Crippen LogP contribution in [-0.4, -0.2) is 30.0 Å². The van der Waals surface area contributed by atoms with Crippen molar-refractivity contribution in [2.75, 3.05) is 20.2 Å². The Morgan fingerprint density at radius 1 is 1.42 bits per heavy atom. The Labute approximate surface area is 116 Å². The van der Waals surface area contributed by atoms with Crippen molar-refractivity contribution in [2.24, 2.45) is 13.0 Å². The fourth-order valence-corrected chi connectivity index (χ4v) is 3.28. The van der Waals surface area contributed by atoms with Gasteiger partial charge in [0.25, 0.3) is 0 Å². The SMILES string of the molecule is CCCNCC1CCCCC1c1c(OC)cnn1C. The standard InChI is InChI=1S/C15H27N3O/c1-4-9-16-10-12-7-5-6-8-13(12)15-14(19-3)11-17-18(15)2/h11-13,16H,4-10H2,1-3H3. The summed E-state index contributed by atoms with van der Waals surface area (Å²) in [7, 11) is 3.77. The summed E-state index contributed by atoms with van der Waals surface area (Å²) < 4.78 is 7.49. The Morgan fingerprint density at radius 2 is 2.21 bits per heavy atom. The molecule has 0 aromatic carbocycles. The van der Waals surface area contributed by atoms with Crippen molar-refractivity contribution in [3.63, 3.8) is 0 Å². The minimum absolute atomic E-state index is 0.584. The molecule has 4 heteroatoms. The van der Waals surface area contributed by atoms with Crippen molar-refractivity contribution in [1.29, 1.82) is 0 Å². The molecule has 0 aliphatic heterocycles. The van der Waals surface area contributed by atoms with Crippen LogP contribution in [0.5, 0.6) is 5.75 Å². The van der Waals surface area contributed by atoms with E-state index in [-0.39, 0.29) is 0 Å². The van der Waals surface area contributed by atoms with Crippen molar-refractivity contribution >= 4 is 0 Å². The fraction of sp³-hybridized carbons (Fsp3) is 0.800. The molecule has 0 radical (unpaired) electrons. The minimum Gasteiger partial charge on any atom is -0.493 e. The first-order chi connectivity index (χ1) is 9.27. The maximum Gasteiger partial charge on any atom is 0.160 e. The summed E-state index contributed by atoms with van der Waals surface area (Å²) in [5.41, 5.74) is 1.28. The third kappa shape index (κ3) is 3.30. The first-order valence-corrected chi connectivity index (χ1v) is 7.54. The zero-order chi connectivity index (χ0) is 13.7. The monoisotopic (exact) mass is 265 g/mol. The predicted octanol–water partition coefficient (Wildman–Crippen LogP) is 2.70. The molecule has 0 saturated heterocycles. The maximum absolute atomic E-state index is 5.49. The van der Waals surface area contributed by atoms with E-state index in [1.807, 2.05) is 17.9 Å². The van der Waals surface area contributed by atoms with Gasteiger partial charge >= 0.3 is 0 Å². The van der Waals surface area contributed by atoms with E-state index in [0.717, 1.165) is 18.8 Å². The van der Waals surface area contributed by atoms with Crippen molar-refractivity contribution in [3.8, 4) is 5.75 Å². The van der Waals surface area contributed by atoms with E-state index in [1.54, 1.807) is 7.11 Å². The molecule has 2 atom stereocenters. The average molecular weight is 265 g/mol. The number of methoxy groups -OCH3 is 1. The van der Waals surface area contributed by atoms with Gasteiger partial charge in [0.15, 0.2) is 5.75 Å². The number of ether oxygens (including phenoxy) is 1. The molecule has 1 fully saturated rings. The molecule has 4 nitrogen and oxygen atoms in total. The lowest BCUT2D eigenvalue weighted by molar-refractivity contribution is 0.278. The number of rotatable bonds is 6. The van der Waals surface area contributed by atoms with Crippen molar-refractivity contribution in [3.05, 3.63) is 11.9 Å². The normalized spacial score (nSPS) is 23.5. The lowest BCUT2D eigenvalue weighted by Gasteiger charge is -2.32. The third-order valence-electron chi connectivity index (χ3n) is 4.26. The molecule has 19 heavy (non-hydrogen) atoms. The van der Waals surface area contributed by atoms with E-state index in [9.17, 15) is 0 Å². The molecule has 1 aromatic rings. The maximum atomic E-state index is 5.49. The van der Waals surface area contributed by atoms with Gasteiger partial charge in [0.1, 0.15) is 0 Å². The van der Waals surface area contributed by atoms with Crippen LogP contribution < -0.4 is 10.1 Å². The van der Waals surface area contributed by atoms with Crippen LogP contribution in [0.3, 0.4) is 0 Å². The van der Waals surface area contributed by atoms with E-state index in [1.165, 1.54) is 37.8 Å². The quantitative estimate of drug-likeness (QED) is 0.804. The van der Waals surface area contributed by atoms with Crippen LogP contribution in [0.25, 0.3) is 0 Å². The molecule has 0 bridgehead atoms. The second-order valence-corrected chi connectivity index (χ2v) is 5.58. The molecular formula is C15H27N3O. The molecule has 2 rings (SSSR count). The fourth-order valence-electron chi connectivity index (χ4n) is 3.28. The predicted molar refractivity (Wildman–Crippen MR) is 77.6 cm³/mol. The van der Waals surface area contributed by atoms with E-state index < -0.39 is 0 Å². The van der Waals surface area contributed by atoms with Gasteiger partial charge in [-0.05, 0) is 38.3 Å². The zero-order valence-corrected chi connectivity index (χ0v) is 12.5. The van der Waals surface area contributed by atoms with Gasteiger partial charge in [0.05, 0.1) is 19.0 Å². The van der Waals surface area contributed by atoms with Gasteiger partial charge in [-0.2, -0.15) is 5.10 Å². The van der Waals surface area contributed by atoms with Crippen LogP contribution in [0.1, 0.15) is 50.6 Å². The third-order valence-corrected chi connectivity index (χ3v) is 4.26. The van der Waals surface area contributed by atoms with Crippen LogP contribution in [0.4, 0.5) is 0 Å². The molecule has 0 spiro atoms. The highest BCUT2D eigenvalue weighted by atomic mass is 16.5. The van der Waals surface area contributed by atoms with Crippen LogP contribution in [0.2, 0.25) is 0 Å². The number of aryl methyl sites for hydroxylation is 1. The lowest BCUT2D eigenvalue weighted by Crippen LogP contribution is -2.31. The highest BCUT2D eigenvalue weighted by Gasteiger charge is 2.30. The van der Waals surface area contributed by atoms with E-state index in [0.29, 0.717) is 11.8 Å². The largest absolute Gasteiger partial charge is 0.493 e. The molecule has 1 saturated carbocycles. The molecule has 0 amide bonds. The Kier molecular flexibility index (Phi) is 5.25. The van der Waals surface area contributed by atoms with Crippen LogP contribution in [0.15, 0.2) is 6.20 Å². The molecule has 1 aliphatic rings. The van der Waals surface area contributed by atoms with Gasteiger partial charge in [-0.25, -0.2) is 0 Å². The minimum atomic E-state index is 0.584. The smallest absolute Gasteiger partial charge is 0.160 e. The van der Waals surface area contributed by atoms with Gasteiger partial charge in [0, 0.05) is 13.0 Å². The summed E-state index contributed by atoms with van der Waals surface area (Å²) in [5, 5.41) is 7.95. The number of hydrogen-bond acceptors (Lipinski definition) is 3. The Balaban J connectivity index is 2.11. The number of aromatic nitrogens is 2. The van der Waals surface area contributed by atoms with Gasteiger partial charge in [-0.3, -0.25) is 4.68 Å². The molecule has 108 valence electrons. The molecule has 1 aromatic heterocycles. The second kappa shape index (κ2) is 6.94. The summed E-state index contributed by atoms with van der Waals surface area (Å²) in [6.07, 6.45) is 8.30. The van der Waals surface area contributed by atoms with Gasteiger partial charge in [-0.1, -0.05) is 19.8 Å². The average Bonchev–Trinajstić information content (AvgIpc) is 2.81. The molecule has 1 N–H and O–H groups in total.